The van der Waals surface area contributed by atoms with Crippen LogP contribution in [0.4, 0.5) is 0 Å². The zero-order valence-electron chi connectivity index (χ0n) is 7.53. The van der Waals surface area contributed by atoms with Gasteiger partial charge < -0.3 is 8.37 Å². The second-order valence-electron chi connectivity index (χ2n) is 3.68. The van der Waals surface area contributed by atoms with Gasteiger partial charge in [-0.1, -0.05) is 32.1 Å². The van der Waals surface area contributed by atoms with Gasteiger partial charge in [-0.3, -0.25) is 0 Å². The van der Waals surface area contributed by atoms with E-state index in [1.54, 1.807) is 0 Å². The summed E-state index contributed by atoms with van der Waals surface area (Å²) in [5.74, 6) is 1.46. The van der Waals surface area contributed by atoms with Gasteiger partial charge in [0.1, 0.15) is 6.26 Å². The van der Waals surface area contributed by atoms with E-state index in [9.17, 15) is 4.21 Å². The standard InChI is InChI=1S/C9H14O3S/c10-13-11-7-9(12-13)6-8-4-2-1-3-5-8/h7-8H,1-6H2. The van der Waals surface area contributed by atoms with Gasteiger partial charge in [0.15, 0.2) is 5.76 Å². The Morgan fingerprint density at radius 2 is 2.15 bits per heavy atom. The summed E-state index contributed by atoms with van der Waals surface area (Å²) in [5.41, 5.74) is 0. The first kappa shape index (κ1) is 9.06. The summed E-state index contributed by atoms with van der Waals surface area (Å²) < 4.78 is 20.4. The Bertz CT molecular complexity index is 231. The molecule has 13 heavy (non-hydrogen) atoms. The van der Waals surface area contributed by atoms with E-state index >= 15 is 0 Å². The Balaban J connectivity index is 1.80. The van der Waals surface area contributed by atoms with Gasteiger partial charge >= 0.3 is 11.4 Å². The van der Waals surface area contributed by atoms with Crippen molar-refractivity contribution in [3.05, 3.63) is 12.0 Å². The SMILES string of the molecule is O=S1OC=C(CC2CCCCC2)O1. The summed E-state index contributed by atoms with van der Waals surface area (Å²) in [7, 11) is 0. The van der Waals surface area contributed by atoms with Crippen LogP contribution < -0.4 is 0 Å². The van der Waals surface area contributed by atoms with Gasteiger partial charge in [0, 0.05) is 6.42 Å². The van der Waals surface area contributed by atoms with Crippen molar-refractivity contribution in [2.75, 3.05) is 0 Å². The van der Waals surface area contributed by atoms with Gasteiger partial charge in [-0.25, -0.2) is 0 Å². The van der Waals surface area contributed by atoms with Gasteiger partial charge in [0.05, 0.1) is 0 Å². The minimum absolute atomic E-state index is 0.707. The van der Waals surface area contributed by atoms with Crippen molar-refractivity contribution in [3.8, 4) is 0 Å². The van der Waals surface area contributed by atoms with Crippen LogP contribution in [0.5, 0.6) is 0 Å². The lowest BCUT2D eigenvalue weighted by Gasteiger charge is -2.20. The Morgan fingerprint density at radius 3 is 2.77 bits per heavy atom. The second kappa shape index (κ2) is 4.13. The molecule has 1 fully saturated rings. The van der Waals surface area contributed by atoms with Crippen molar-refractivity contribution in [2.24, 2.45) is 5.92 Å². The lowest BCUT2D eigenvalue weighted by Crippen LogP contribution is -2.07. The Labute approximate surface area is 81.0 Å². The molecule has 0 spiro atoms. The monoisotopic (exact) mass is 202 g/mol. The largest absolute Gasteiger partial charge is 0.417 e. The van der Waals surface area contributed by atoms with Crippen molar-refractivity contribution in [3.63, 3.8) is 0 Å². The van der Waals surface area contributed by atoms with E-state index < -0.39 is 11.4 Å². The van der Waals surface area contributed by atoms with Gasteiger partial charge in [-0.15, -0.1) is 0 Å². The molecule has 4 heteroatoms. The van der Waals surface area contributed by atoms with Crippen molar-refractivity contribution in [2.45, 2.75) is 38.5 Å². The summed E-state index contributed by atoms with van der Waals surface area (Å²) in [6, 6.07) is 0. The van der Waals surface area contributed by atoms with Crippen molar-refractivity contribution >= 4 is 11.4 Å². The molecule has 1 atom stereocenters. The minimum atomic E-state index is -1.55. The van der Waals surface area contributed by atoms with E-state index in [0.29, 0.717) is 5.92 Å². The highest BCUT2D eigenvalue weighted by Gasteiger charge is 2.21. The van der Waals surface area contributed by atoms with Crippen LogP contribution in [0, 0.1) is 5.92 Å². The predicted molar refractivity (Wildman–Crippen MR) is 49.6 cm³/mol. The van der Waals surface area contributed by atoms with Crippen LogP contribution in [0.15, 0.2) is 12.0 Å². The lowest BCUT2D eigenvalue weighted by atomic mass is 9.87. The number of hydrogen-bond donors (Lipinski definition) is 0. The highest BCUT2D eigenvalue weighted by Crippen LogP contribution is 2.30. The van der Waals surface area contributed by atoms with Crippen molar-refractivity contribution in [1.29, 1.82) is 0 Å². The van der Waals surface area contributed by atoms with E-state index in [0.717, 1.165) is 12.2 Å². The predicted octanol–water partition coefficient (Wildman–Crippen LogP) is 2.42. The fraction of sp³-hybridized carbons (Fsp3) is 0.778. The molecule has 1 heterocycles. The first-order valence-corrected chi connectivity index (χ1v) is 5.81. The van der Waals surface area contributed by atoms with Crippen molar-refractivity contribution in [1.82, 2.24) is 0 Å². The van der Waals surface area contributed by atoms with E-state index in [1.165, 1.54) is 38.4 Å². The normalized spacial score (nSPS) is 29.2. The minimum Gasteiger partial charge on any atom is -0.375 e. The van der Waals surface area contributed by atoms with Crippen LogP contribution >= 0.6 is 0 Å². The summed E-state index contributed by atoms with van der Waals surface area (Å²) in [6.45, 7) is 0. The molecular weight excluding hydrogens is 188 g/mol. The Hall–Kier alpha value is -0.510. The highest BCUT2D eigenvalue weighted by molar-refractivity contribution is 7.75. The van der Waals surface area contributed by atoms with Crippen LogP contribution in [0.2, 0.25) is 0 Å². The van der Waals surface area contributed by atoms with E-state index in [-0.39, 0.29) is 0 Å². The average Bonchev–Trinajstić information content (AvgIpc) is 2.53. The van der Waals surface area contributed by atoms with Crippen LogP contribution in [-0.2, 0) is 19.7 Å². The molecule has 0 radical (unpaired) electrons. The molecule has 1 aliphatic heterocycles. The third kappa shape index (κ3) is 2.46. The quantitative estimate of drug-likeness (QED) is 0.690. The second-order valence-corrected chi connectivity index (χ2v) is 4.44. The maximum atomic E-state index is 10.7. The maximum absolute atomic E-state index is 10.7. The number of rotatable bonds is 2. The molecule has 2 aliphatic rings. The summed E-state index contributed by atoms with van der Waals surface area (Å²) >= 11 is -1.55. The zero-order chi connectivity index (χ0) is 9.10. The molecule has 0 N–H and O–H groups in total. The van der Waals surface area contributed by atoms with Gasteiger partial charge in [-0.2, -0.15) is 4.21 Å². The van der Waals surface area contributed by atoms with Crippen LogP contribution in [0.1, 0.15) is 38.5 Å². The molecule has 1 saturated carbocycles. The molecule has 0 aromatic carbocycles. The van der Waals surface area contributed by atoms with E-state index in [2.05, 4.69) is 0 Å². The zero-order valence-corrected chi connectivity index (χ0v) is 8.35. The van der Waals surface area contributed by atoms with Crippen molar-refractivity contribution < 1.29 is 12.6 Å². The van der Waals surface area contributed by atoms with Gasteiger partial charge in [0.25, 0.3) is 0 Å². The topological polar surface area (TPSA) is 35.5 Å². The molecule has 74 valence electrons. The molecule has 0 saturated heterocycles. The molecule has 1 unspecified atom stereocenters. The molecule has 1 aliphatic carbocycles. The third-order valence-corrected chi connectivity index (χ3v) is 3.25. The smallest absolute Gasteiger partial charge is 0.375 e. The third-order valence-electron chi connectivity index (χ3n) is 2.65. The Morgan fingerprint density at radius 1 is 1.38 bits per heavy atom. The fourth-order valence-electron chi connectivity index (χ4n) is 1.98. The molecule has 3 nitrogen and oxygen atoms in total. The summed E-state index contributed by atoms with van der Waals surface area (Å²) in [4.78, 5) is 0. The highest BCUT2D eigenvalue weighted by atomic mass is 32.2. The summed E-state index contributed by atoms with van der Waals surface area (Å²) in [5, 5.41) is 0. The first-order valence-electron chi connectivity index (χ1n) is 4.81. The number of allylic oxidation sites excluding steroid dienone is 1. The van der Waals surface area contributed by atoms with Crippen LogP contribution in [-0.4, -0.2) is 4.21 Å². The maximum Gasteiger partial charge on any atom is 0.417 e. The average molecular weight is 202 g/mol. The van der Waals surface area contributed by atoms with E-state index in [4.69, 9.17) is 8.37 Å². The van der Waals surface area contributed by atoms with Crippen LogP contribution in [0.3, 0.4) is 0 Å². The van der Waals surface area contributed by atoms with E-state index in [1.807, 2.05) is 0 Å². The summed E-state index contributed by atoms with van der Waals surface area (Å²) in [6.07, 6.45) is 8.93. The fourth-order valence-corrected chi connectivity index (χ4v) is 2.48. The van der Waals surface area contributed by atoms with Crippen LogP contribution in [0.25, 0.3) is 0 Å². The molecule has 0 aromatic rings. The molecule has 0 aromatic heterocycles. The van der Waals surface area contributed by atoms with Gasteiger partial charge in [-0.05, 0) is 5.92 Å². The molecular formula is C9H14O3S. The number of hydrogen-bond acceptors (Lipinski definition) is 3. The van der Waals surface area contributed by atoms with Gasteiger partial charge in [0.2, 0.25) is 0 Å². The Kier molecular flexibility index (Phi) is 2.88. The first-order chi connectivity index (χ1) is 6.34. The molecule has 0 amide bonds. The molecule has 0 bridgehead atoms. The molecule has 2 rings (SSSR count). The lowest BCUT2D eigenvalue weighted by molar-refractivity contribution is 0.318.